The Kier molecular flexibility index (Phi) is 3.81. The highest BCUT2D eigenvalue weighted by molar-refractivity contribution is 6.31. The minimum Gasteiger partial charge on any atom is -0.331 e. The molecule has 3 nitrogen and oxygen atoms in total. The smallest absolute Gasteiger partial charge is 0.317 e. The summed E-state index contributed by atoms with van der Waals surface area (Å²) in [5.74, 6) is 0. The van der Waals surface area contributed by atoms with Gasteiger partial charge in [-0.3, -0.25) is 0 Å². The Balaban J connectivity index is 2.33. The summed E-state index contributed by atoms with van der Waals surface area (Å²) in [6.45, 7) is 0. The molecule has 2 rings (SSSR count). The van der Waals surface area contributed by atoms with E-state index in [0.29, 0.717) is 0 Å². The summed E-state index contributed by atoms with van der Waals surface area (Å²) >= 11 is 6.29. The van der Waals surface area contributed by atoms with Crippen molar-refractivity contribution in [3.8, 4) is 0 Å². The number of nitrogens with zero attached hydrogens (tertiary/aromatic N) is 1. The quantitative estimate of drug-likeness (QED) is 0.874. The highest BCUT2D eigenvalue weighted by Crippen LogP contribution is 2.41. The van der Waals surface area contributed by atoms with Gasteiger partial charge in [0.2, 0.25) is 0 Å². The molecule has 0 bridgehead atoms. The van der Waals surface area contributed by atoms with Crippen molar-refractivity contribution in [3.63, 3.8) is 0 Å². The van der Waals surface area contributed by atoms with Crippen molar-refractivity contribution >= 4 is 17.6 Å². The molecule has 1 aliphatic rings. The molecule has 2 amide bonds. The van der Waals surface area contributed by atoms with Crippen molar-refractivity contribution in [2.24, 2.45) is 0 Å². The van der Waals surface area contributed by atoms with E-state index in [1.165, 1.54) is 0 Å². The second-order valence-electron chi connectivity index (χ2n) is 5.09. The maximum absolute atomic E-state index is 12.0. The number of amides is 2. The van der Waals surface area contributed by atoms with Crippen LogP contribution >= 0.6 is 11.6 Å². The van der Waals surface area contributed by atoms with Crippen LogP contribution in [0.1, 0.15) is 31.2 Å². The maximum atomic E-state index is 12.0. The Hall–Kier alpha value is -1.22. The molecule has 1 aliphatic carbocycles. The Morgan fingerprint density at radius 1 is 1.28 bits per heavy atom. The number of carbonyl (C=O) groups excluding carboxylic acids is 1. The summed E-state index contributed by atoms with van der Waals surface area (Å²) < 4.78 is 0. The van der Waals surface area contributed by atoms with Crippen LogP contribution in [0.2, 0.25) is 5.02 Å². The first-order chi connectivity index (χ1) is 8.55. The normalized spacial score (nSPS) is 17.5. The number of urea groups is 1. The SMILES string of the molecule is CN(C)C(=O)NC1(c2ccccc2Cl)CCCC1. The summed E-state index contributed by atoms with van der Waals surface area (Å²) in [5.41, 5.74) is 0.749. The zero-order valence-electron chi connectivity index (χ0n) is 10.9. The van der Waals surface area contributed by atoms with Gasteiger partial charge in [0.05, 0.1) is 5.54 Å². The van der Waals surface area contributed by atoms with E-state index in [2.05, 4.69) is 5.32 Å². The lowest BCUT2D eigenvalue weighted by molar-refractivity contribution is 0.200. The molecule has 0 aromatic heterocycles. The lowest BCUT2D eigenvalue weighted by Crippen LogP contribution is -2.48. The fourth-order valence-electron chi connectivity index (χ4n) is 2.61. The predicted molar refractivity (Wildman–Crippen MR) is 73.8 cm³/mol. The van der Waals surface area contributed by atoms with Crippen LogP contribution < -0.4 is 5.32 Å². The Morgan fingerprint density at radius 2 is 1.89 bits per heavy atom. The summed E-state index contributed by atoms with van der Waals surface area (Å²) in [5, 5.41) is 3.89. The first kappa shape index (κ1) is 13.2. The van der Waals surface area contributed by atoms with Crippen LogP contribution in [0.3, 0.4) is 0 Å². The average Bonchev–Trinajstić information content (AvgIpc) is 2.79. The van der Waals surface area contributed by atoms with E-state index in [0.717, 1.165) is 36.3 Å². The molecule has 0 unspecified atom stereocenters. The number of carbonyl (C=O) groups is 1. The van der Waals surface area contributed by atoms with Gasteiger partial charge in [0, 0.05) is 19.1 Å². The van der Waals surface area contributed by atoms with Gasteiger partial charge in [0.15, 0.2) is 0 Å². The van der Waals surface area contributed by atoms with Gasteiger partial charge in [0.25, 0.3) is 0 Å². The van der Waals surface area contributed by atoms with Crippen molar-refractivity contribution < 1.29 is 4.79 Å². The number of halogens is 1. The zero-order chi connectivity index (χ0) is 13.2. The van der Waals surface area contributed by atoms with Crippen LogP contribution in [-0.4, -0.2) is 25.0 Å². The van der Waals surface area contributed by atoms with E-state index in [1.54, 1.807) is 19.0 Å². The van der Waals surface area contributed by atoms with E-state index in [1.807, 2.05) is 24.3 Å². The van der Waals surface area contributed by atoms with Crippen LogP contribution in [0.25, 0.3) is 0 Å². The Labute approximate surface area is 113 Å². The summed E-state index contributed by atoms with van der Waals surface area (Å²) in [7, 11) is 3.51. The van der Waals surface area contributed by atoms with Gasteiger partial charge < -0.3 is 10.2 Å². The van der Waals surface area contributed by atoms with Gasteiger partial charge in [-0.1, -0.05) is 42.6 Å². The molecule has 1 N–H and O–H groups in total. The van der Waals surface area contributed by atoms with Crippen molar-refractivity contribution in [1.29, 1.82) is 0 Å². The molecule has 0 aliphatic heterocycles. The second kappa shape index (κ2) is 5.19. The standard InChI is InChI=1S/C14H19ClN2O/c1-17(2)13(18)16-14(9-5-6-10-14)11-7-3-4-8-12(11)15/h3-4,7-8H,5-6,9-10H2,1-2H3,(H,16,18). The highest BCUT2D eigenvalue weighted by atomic mass is 35.5. The van der Waals surface area contributed by atoms with Crippen molar-refractivity contribution in [1.82, 2.24) is 10.2 Å². The largest absolute Gasteiger partial charge is 0.331 e. The summed E-state index contributed by atoms with van der Waals surface area (Å²) in [4.78, 5) is 13.5. The molecule has 0 radical (unpaired) electrons. The maximum Gasteiger partial charge on any atom is 0.317 e. The predicted octanol–water partition coefficient (Wildman–Crippen LogP) is 3.38. The van der Waals surface area contributed by atoms with E-state index in [9.17, 15) is 4.79 Å². The van der Waals surface area contributed by atoms with Crippen molar-refractivity contribution in [2.45, 2.75) is 31.2 Å². The molecule has 0 atom stereocenters. The highest BCUT2D eigenvalue weighted by Gasteiger charge is 2.38. The third kappa shape index (κ3) is 2.46. The lowest BCUT2D eigenvalue weighted by atomic mass is 9.88. The van der Waals surface area contributed by atoms with Gasteiger partial charge in [-0.25, -0.2) is 4.79 Å². The molecule has 1 saturated carbocycles. The Bertz CT molecular complexity index is 439. The first-order valence-corrected chi connectivity index (χ1v) is 6.67. The van der Waals surface area contributed by atoms with Gasteiger partial charge >= 0.3 is 6.03 Å². The molecule has 0 spiro atoms. The van der Waals surface area contributed by atoms with Gasteiger partial charge in [-0.05, 0) is 24.5 Å². The van der Waals surface area contributed by atoms with E-state index >= 15 is 0 Å². The molecule has 98 valence electrons. The van der Waals surface area contributed by atoms with Gasteiger partial charge in [-0.2, -0.15) is 0 Å². The van der Waals surface area contributed by atoms with Crippen molar-refractivity contribution in [2.75, 3.05) is 14.1 Å². The molecule has 0 heterocycles. The van der Waals surface area contributed by atoms with E-state index in [4.69, 9.17) is 11.6 Å². The lowest BCUT2D eigenvalue weighted by Gasteiger charge is -2.33. The number of hydrogen-bond donors (Lipinski definition) is 1. The number of benzene rings is 1. The molecule has 0 saturated heterocycles. The van der Waals surface area contributed by atoms with Crippen LogP contribution in [0, 0.1) is 0 Å². The van der Waals surface area contributed by atoms with Crippen LogP contribution in [0.5, 0.6) is 0 Å². The van der Waals surface area contributed by atoms with Gasteiger partial charge in [0.1, 0.15) is 0 Å². The molecule has 4 heteroatoms. The monoisotopic (exact) mass is 266 g/mol. The van der Waals surface area contributed by atoms with Crippen LogP contribution in [-0.2, 0) is 5.54 Å². The molecule has 1 aromatic carbocycles. The number of rotatable bonds is 2. The minimum absolute atomic E-state index is 0.0585. The average molecular weight is 267 g/mol. The topological polar surface area (TPSA) is 32.3 Å². The van der Waals surface area contributed by atoms with Crippen LogP contribution in [0.4, 0.5) is 4.79 Å². The third-order valence-corrected chi connectivity index (χ3v) is 3.93. The van der Waals surface area contributed by atoms with Gasteiger partial charge in [-0.15, -0.1) is 0 Å². The molecule has 1 fully saturated rings. The fourth-order valence-corrected chi connectivity index (χ4v) is 2.92. The third-order valence-electron chi connectivity index (χ3n) is 3.60. The zero-order valence-corrected chi connectivity index (χ0v) is 11.6. The second-order valence-corrected chi connectivity index (χ2v) is 5.50. The van der Waals surface area contributed by atoms with Crippen LogP contribution in [0.15, 0.2) is 24.3 Å². The minimum atomic E-state index is -0.292. The molecular formula is C14H19ClN2O. The van der Waals surface area contributed by atoms with Crippen molar-refractivity contribution in [3.05, 3.63) is 34.9 Å². The fraction of sp³-hybridized carbons (Fsp3) is 0.500. The summed E-state index contributed by atoms with van der Waals surface area (Å²) in [6.07, 6.45) is 4.16. The Morgan fingerprint density at radius 3 is 2.44 bits per heavy atom. The number of nitrogens with one attached hydrogen (secondary N) is 1. The van der Waals surface area contributed by atoms with E-state index < -0.39 is 0 Å². The summed E-state index contributed by atoms with van der Waals surface area (Å²) in [6, 6.07) is 7.74. The number of hydrogen-bond acceptors (Lipinski definition) is 1. The first-order valence-electron chi connectivity index (χ1n) is 6.30. The molecule has 18 heavy (non-hydrogen) atoms. The molecule has 1 aromatic rings. The molecular weight excluding hydrogens is 248 g/mol. The van der Waals surface area contributed by atoms with E-state index in [-0.39, 0.29) is 11.6 Å².